The maximum atomic E-state index is 13.0. The van der Waals surface area contributed by atoms with Gasteiger partial charge in [0.25, 0.3) is 0 Å². The van der Waals surface area contributed by atoms with Crippen molar-refractivity contribution in [2.75, 3.05) is 13.1 Å². The normalized spacial score (nSPS) is 15.8. The van der Waals surface area contributed by atoms with E-state index in [1.54, 1.807) is 17.0 Å². The topological polar surface area (TPSA) is 54.5 Å². The van der Waals surface area contributed by atoms with Gasteiger partial charge in [0.05, 0.1) is 16.6 Å². The molecule has 1 fully saturated rings. The molecule has 1 heterocycles. The van der Waals surface area contributed by atoms with E-state index in [2.05, 4.69) is 0 Å². The number of likely N-dealkylation sites (tertiary alicyclic amines) is 1. The average Bonchev–Trinajstić information content (AvgIpc) is 2.64. The Balaban J connectivity index is 1.60. The van der Waals surface area contributed by atoms with Crippen LogP contribution in [0.4, 0.5) is 8.78 Å². The highest BCUT2D eigenvalue weighted by atomic mass is 32.2. The van der Waals surface area contributed by atoms with Gasteiger partial charge < -0.3 is 4.90 Å². The van der Waals surface area contributed by atoms with Gasteiger partial charge in [-0.25, -0.2) is 17.2 Å². The van der Waals surface area contributed by atoms with Crippen molar-refractivity contribution < 1.29 is 22.0 Å². The number of piperidine rings is 1. The number of rotatable bonds is 4. The van der Waals surface area contributed by atoms with Gasteiger partial charge in [0.1, 0.15) is 11.6 Å². The molecular formula is C19H19F2NO3S. The number of carbonyl (C=O) groups is 1. The Labute approximate surface area is 151 Å². The average molecular weight is 379 g/mol. The standard InChI is InChI=1S/C19H19F2NO3S/c20-15-3-1-14(2-4-15)13-19(23)22-11-9-18(10-12-22)26(24,25)17-7-5-16(21)6-8-17/h1-8,18H,9-13H2. The summed E-state index contributed by atoms with van der Waals surface area (Å²) in [5.41, 5.74) is 0.720. The van der Waals surface area contributed by atoms with Crippen molar-refractivity contribution in [2.24, 2.45) is 0 Å². The quantitative estimate of drug-likeness (QED) is 0.768. The number of hydrogen-bond donors (Lipinski definition) is 0. The van der Waals surface area contributed by atoms with Gasteiger partial charge in [-0.3, -0.25) is 4.79 Å². The third kappa shape index (κ3) is 4.09. The second kappa shape index (κ2) is 7.53. The van der Waals surface area contributed by atoms with E-state index in [0.717, 1.165) is 17.7 Å². The summed E-state index contributed by atoms with van der Waals surface area (Å²) < 4.78 is 51.2. The van der Waals surface area contributed by atoms with Crippen LogP contribution < -0.4 is 0 Å². The van der Waals surface area contributed by atoms with E-state index in [1.165, 1.54) is 24.3 Å². The lowest BCUT2D eigenvalue weighted by Gasteiger charge is -2.32. The Morgan fingerprint density at radius 3 is 1.96 bits per heavy atom. The third-order valence-corrected chi connectivity index (χ3v) is 6.92. The number of benzene rings is 2. The molecule has 0 spiro atoms. The number of amides is 1. The van der Waals surface area contributed by atoms with E-state index in [4.69, 9.17) is 0 Å². The highest BCUT2D eigenvalue weighted by molar-refractivity contribution is 7.92. The fraction of sp³-hybridized carbons (Fsp3) is 0.316. The highest BCUT2D eigenvalue weighted by Gasteiger charge is 2.32. The van der Waals surface area contributed by atoms with Crippen LogP contribution in [0.3, 0.4) is 0 Å². The summed E-state index contributed by atoms with van der Waals surface area (Å²) in [5.74, 6) is -0.938. The molecule has 2 aromatic carbocycles. The second-order valence-corrected chi connectivity index (χ2v) is 8.61. The zero-order valence-electron chi connectivity index (χ0n) is 14.1. The van der Waals surface area contributed by atoms with Gasteiger partial charge >= 0.3 is 0 Å². The molecular weight excluding hydrogens is 360 g/mol. The molecule has 1 saturated heterocycles. The number of halogens is 2. The monoisotopic (exact) mass is 379 g/mol. The zero-order chi connectivity index (χ0) is 18.7. The van der Waals surface area contributed by atoms with Crippen LogP contribution in [-0.2, 0) is 21.1 Å². The van der Waals surface area contributed by atoms with Crippen LogP contribution in [0, 0.1) is 11.6 Å². The molecule has 2 aromatic rings. The van der Waals surface area contributed by atoms with E-state index in [-0.39, 0.29) is 23.0 Å². The molecule has 0 unspecified atom stereocenters. The van der Waals surface area contributed by atoms with Gasteiger partial charge in [0.2, 0.25) is 5.91 Å². The minimum Gasteiger partial charge on any atom is -0.342 e. The van der Waals surface area contributed by atoms with E-state index in [1.807, 2.05) is 0 Å². The molecule has 4 nitrogen and oxygen atoms in total. The van der Waals surface area contributed by atoms with E-state index in [0.29, 0.717) is 25.9 Å². The molecule has 0 bridgehead atoms. The predicted octanol–water partition coefficient (Wildman–Crippen LogP) is 2.97. The van der Waals surface area contributed by atoms with Crippen molar-refractivity contribution >= 4 is 15.7 Å². The van der Waals surface area contributed by atoms with Gasteiger partial charge in [-0.2, -0.15) is 0 Å². The first kappa shape index (κ1) is 18.5. The lowest BCUT2D eigenvalue weighted by molar-refractivity contribution is -0.131. The molecule has 3 rings (SSSR count). The Kier molecular flexibility index (Phi) is 5.36. The molecule has 0 saturated carbocycles. The summed E-state index contributed by atoms with van der Waals surface area (Å²) in [4.78, 5) is 14.1. The van der Waals surface area contributed by atoms with Crippen molar-refractivity contribution in [2.45, 2.75) is 29.4 Å². The molecule has 1 aliphatic rings. The van der Waals surface area contributed by atoms with Crippen LogP contribution in [0.1, 0.15) is 18.4 Å². The summed E-state index contributed by atoms with van der Waals surface area (Å²) in [7, 11) is -3.54. The number of sulfone groups is 1. The lowest BCUT2D eigenvalue weighted by atomic mass is 10.1. The molecule has 1 amide bonds. The maximum absolute atomic E-state index is 13.0. The fourth-order valence-electron chi connectivity index (χ4n) is 3.12. The van der Waals surface area contributed by atoms with Gasteiger partial charge in [-0.15, -0.1) is 0 Å². The molecule has 7 heteroatoms. The largest absolute Gasteiger partial charge is 0.342 e. The van der Waals surface area contributed by atoms with Crippen LogP contribution >= 0.6 is 0 Å². The van der Waals surface area contributed by atoms with Crippen LogP contribution in [0.25, 0.3) is 0 Å². The Bertz CT molecular complexity index is 872. The van der Waals surface area contributed by atoms with Crippen LogP contribution in [-0.4, -0.2) is 37.6 Å². The van der Waals surface area contributed by atoms with E-state index in [9.17, 15) is 22.0 Å². The molecule has 1 aliphatic heterocycles. The number of carbonyl (C=O) groups excluding carboxylic acids is 1. The van der Waals surface area contributed by atoms with Crippen molar-refractivity contribution in [3.05, 3.63) is 65.7 Å². The molecule has 0 radical (unpaired) electrons. The van der Waals surface area contributed by atoms with E-state index >= 15 is 0 Å². The molecule has 0 atom stereocenters. The Hall–Kier alpha value is -2.28. The number of nitrogens with zero attached hydrogens (tertiary/aromatic N) is 1. The van der Waals surface area contributed by atoms with E-state index < -0.39 is 20.9 Å². The van der Waals surface area contributed by atoms with Crippen molar-refractivity contribution in [3.8, 4) is 0 Å². The van der Waals surface area contributed by atoms with Gasteiger partial charge in [-0.1, -0.05) is 12.1 Å². The van der Waals surface area contributed by atoms with Crippen LogP contribution in [0.15, 0.2) is 53.4 Å². The molecule has 0 aromatic heterocycles. The molecule has 26 heavy (non-hydrogen) atoms. The molecule has 0 N–H and O–H groups in total. The van der Waals surface area contributed by atoms with Gasteiger partial charge in [0, 0.05) is 13.1 Å². The molecule has 0 aliphatic carbocycles. The summed E-state index contributed by atoms with van der Waals surface area (Å²) in [6, 6.07) is 10.6. The summed E-state index contributed by atoms with van der Waals surface area (Å²) in [6.07, 6.45) is 0.847. The summed E-state index contributed by atoms with van der Waals surface area (Å²) in [6.45, 7) is 0.705. The van der Waals surface area contributed by atoms with Crippen molar-refractivity contribution in [1.29, 1.82) is 0 Å². The predicted molar refractivity (Wildman–Crippen MR) is 93.3 cm³/mol. The first-order valence-electron chi connectivity index (χ1n) is 8.38. The minimum atomic E-state index is -3.54. The van der Waals surface area contributed by atoms with Crippen molar-refractivity contribution in [3.63, 3.8) is 0 Å². The van der Waals surface area contributed by atoms with Crippen LogP contribution in [0.5, 0.6) is 0 Å². The smallest absolute Gasteiger partial charge is 0.226 e. The third-order valence-electron chi connectivity index (χ3n) is 4.64. The van der Waals surface area contributed by atoms with Gasteiger partial charge in [-0.05, 0) is 54.8 Å². The molecule has 138 valence electrons. The SMILES string of the molecule is O=C(Cc1ccc(F)cc1)N1CCC(S(=O)(=O)c2ccc(F)cc2)CC1. The first-order valence-corrected chi connectivity index (χ1v) is 9.92. The second-order valence-electron chi connectivity index (χ2n) is 6.38. The number of hydrogen-bond acceptors (Lipinski definition) is 3. The summed E-state index contributed by atoms with van der Waals surface area (Å²) >= 11 is 0. The van der Waals surface area contributed by atoms with Gasteiger partial charge in [0.15, 0.2) is 9.84 Å². The Morgan fingerprint density at radius 2 is 1.42 bits per heavy atom. The first-order chi connectivity index (χ1) is 12.4. The zero-order valence-corrected chi connectivity index (χ0v) is 14.9. The minimum absolute atomic E-state index is 0.103. The Morgan fingerprint density at radius 1 is 0.923 bits per heavy atom. The van der Waals surface area contributed by atoms with Crippen LogP contribution in [0.2, 0.25) is 0 Å². The summed E-state index contributed by atoms with van der Waals surface area (Å²) in [5, 5.41) is -0.581. The highest BCUT2D eigenvalue weighted by Crippen LogP contribution is 2.25. The van der Waals surface area contributed by atoms with Crippen molar-refractivity contribution in [1.82, 2.24) is 4.90 Å². The maximum Gasteiger partial charge on any atom is 0.226 e. The fourth-order valence-corrected chi connectivity index (χ4v) is 4.85. The lowest BCUT2D eigenvalue weighted by Crippen LogP contribution is -2.43.